The third-order valence-corrected chi connectivity index (χ3v) is 6.66. The van der Waals surface area contributed by atoms with Gasteiger partial charge in [0.05, 0.1) is 12.3 Å². The molecule has 20 heavy (non-hydrogen) atoms. The summed E-state index contributed by atoms with van der Waals surface area (Å²) in [6, 6.07) is 0. The van der Waals surface area contributed by atoms with Gasteiger partial charge in [0, 0.05) is 16.4 Å². The molecular weight excluding hydrogens is 292 g/mol. The molecule has 0 spiro atoms. The van der Waals surface area contributed by atoms with Crippen molar-refractivity contribution in [3.63, 3.8) is 0 Å². The van der Waals surface area contributed by atoms with E-state index in [0.717, 1.165) is 30.0 Å². The molecule has 3 aliphatic rings. The minimum Gasteiger partial charge on any atom is -0.317 e. The molecule has 2 unspecified atom stereocenters. The van der Waals surface area contributed by atoms with Crippen LogP contribution in [0.25, 0.3) is 0 Å². The van der Waals surface area contributed by atoms with Crippen LogP contribution >= 0.6 is 23.4 Å². The maximum Gasteiger partial charge on any atom is 0.0808 e. The van der Waals surface area contributed by atoms with Crippen LogP contribution in [0.1, 0.15) is 38.5 Å². The van der Waals surface area contributed by atoms with Gasteiger partial charge < -0.3 is 5.32 Å². The Bertz CT molecular complexity index is 293. The fourth-order valence-corrected chi connectivity index (χ4v) is 4.93. The Morgan fingerprint density at radius 2 is 1.70 bits per heavy atom. The fraction of sp³-hybridized carbons (Fsp3) is 1.00. The summed E-state index contributed by atoms with van der Waals surface area (Å²) in [4.78, 5) is 0. The Kier molecular flexibility index (Phi) is 5.89. The van der Waals surface area contributed by atoms with Crippen molar-refractivity contribution in [1.82, 2.24) is 21.5 Å². The first-order valence-electron chi connectivity index (χ1n) is 8.05. The molecule has 4 nitrogen and oxygen atoms in total. The van der Waals surface area contributed by atoms with Gasteiger partial charge in [-0.05, 0) is 57.5 Å². The molecular formula is C14H27ClN4S. The van der Waals surface area contributed by atoms with Gasteiger partial charge in [-0.3, -0.25) is 5.32 Å². The molecule has 1 saturated carbocycles. The highest BCUT2D eigenvalue weighted by molar-refractivity contribution is 7.99. The lowest BCUT2D eigenvalue weighted by atomic mass is 9.95. The summed E-state index contributed by atoms with van der Waals surface area (Å²) in [6.07, 6.45) is 8.36. The predicted molar refractivity (Wildman–Crippen MR) is 86.9 cm³/mol. The van der Waals surface area contributed by atoms with E-state index in [2.05, 4.69) is 33.2 Å². The Balaban J connectivity index is 1.35. The smallest absolute Gasteiger partial charge is 0.0808 e. The topological polar surface area (TPSA) is 48.1 Å². The third kappa shape index (κ3) is 4.24. The van der Waals surface area contributed by atoms with Crippen molar-refractivity contribution >= 4 is 23.4 Å². The van der Waals surface area contributed by atoms with Crippen LogP contribution in [-0.4, -0.2) is 41.8 Å². The maximum atomic E-state index is 6.17. The first-order valence-corrected chi connectivity index (χ1v) is 9.53. The molecule has 0 aromatic carbocycles. The number of hydrazine groups is 1. The largest absolute Gasteiger partial charge is 0.317 e. The maximum absolute atomic E-state index is 6.17. The summed E-state index contributed by atoms with van der Waals surface area (Å²) in [5, 5.41) is 8.39. The van der Waals surface area contributed by atoms with Crippen molar-refractivity contribution in [1.29, 1.82) is 0 Å². The number of thioether (sulfide) groups is 1. The van der Waals surface area contributed by atoms with E-state index in [1.54, 1.807) is 0 Å². The molecule has 2 aliphatic heterocycles. The van der Waals surface area contributed by atoms with E-state index in [1.807, 2.05) is 0 Å². The van der Waals surface area contributed by atoms with E-state index in [-0.39, 0.29) is 0 Å². The molecule has 0 radical (unpaired) electrons. The number of halogens is 1. The van der Waals surface area contributed by atoms with Crippen LogP contribution in [0.3, 0.4) is 0 Å². The molecule has 0 aromatic heterocycles. The summed E-state index contributed by atoms with van der Waals surface area (Å²) in [5.74, 6) is 1.90. The molecule has 4 N–H and O–H groups in total. The van der Waals surface area contributed by atoms with Crippen LogP contribution in [0.2, 0.25) is 0 Å². The third-order valence-electron chi connectivity index (χ3n) is 4.75. The molecule has 0 bridgehead atoms. The summed E-state index contributed by atoms with van der Waals surface area (Å²) >= 11 is 8.27. The van der Waals surface area contributed by atoms with Gasteiger partial charge >= 0.3 is 0 Å². The quantitative estimate of drug-likeness (QED) is 0.594. The van der Waals surface area contributed by atoms with Gasteiger partial charge in [0.2, 0.25) is 0 Å². The highest BCUT2D eigenvalue weighted by Gasteiger charge is 2.30. The first-order chi connectivity index (χ1) is 9.81. The van der Waals surface area contributed by atoms with Gasteiger partial charge in [0.1, 0.15) is 0 Å². The van der Waals surface area contributed by atoms with E-state index >= 15 is 0 Å². The van der Waals surface area contributed by atoms with E-state index in [1.165, 1.54) is 38.5 Å². The summed E-state index contributed by atoms with van der Waals surface area (Å²) in [7, 11) is 0. The minimum atomic E-state index is 0.411. The number of alkyl halides is 1. The molecule has 3 fully saturated rings. The molecule has 2 saturated heterocycles. The SMILES string of the molecule is ClC1CCC(SCC2NNC(C3CCNCC3)N2)CC1. The van der Waals surface area contributed by atoms with Crippen molar-refractivity contribution in [2.45, 2.75) is 61.5 Å². The minimum absolute atomic E-state index is 0.411. The number of nitrogens with one attached hydrogen (secondary N) is 4. The second-order valence-corrected chi connectivity index (χ2v) is 8.23. The number of hydrogen-bond acceptors (Lipinski definition) is 5. The Labute approximate surface area is 131 Å². The van der Waals surface area contributed by atoms with Crippen molar-refractivity contribution in [3.8, 4) is 0 Å². The average Bonchev–Trinajstić information content (AvgIpc) is 2.97. The number of rotatable bonds is 4. The van der Waals surface area contributed by atoms with E-state index in [0.29, 0.717) is 17.7 Å². The van der Waals surface area contributed by atoms with Crippen molar-refractivity contribution in [2.24, 2.45) is 5.92 Å². The first kappa shape index (κ1) is 15.4. The summed E-state index contributed by atoms with van der Waals surface area (Å²) in [6.45, 7) is 2.32. The van der Waals surface area contributed by atoms with Gasteiger partial charge in [-0.25, -0.2) is 10.9 Å². The monoisotopic (exact) mass is 318 g/mol. The van der Waals surface area contributed by atoms with Gasteiger partial charge in [-0.15, -0.1) is 11.6 Å². The lowest BCUT2D eigenvalue weighted by molar-refractivity contribution is 0.275. The van der Waals surface area contributed by atoms with Gasteiger partial charge in [0.25, 0.3) is 0 Å². The molecule has 2 atom stereocenters. The lowest BCUT2D eigenvalue weighted by Gasteiger charge is -2.28. The predicted octanol–water partition coefficient (Wildman–Crippen LogP) is 1.62. The van der Waals surface area contributed by atoms with Crippen LogP contribution < -0.4 is 21.5 Å². The zero-order valence-corrected chi connectivity index (χ0v) is 13.6. The van der Waals surface area contributed by atoms with Crippen LogP contribution in [0, 0.1) is 5.92 Å². The van der Waals surface area contributed by atoms with Crippen LogP contribution in [0.15, 0.2) is 0 Å². The molecule has 2 heterocycles. The standard InChI is InChI=1S/C14H27ClN4S/c15-11-1-3-12(4-2-11)20-9-13-17-14(19-18-13)10-5-7-16-8-6-10/h10-14,16-19H,1-9H2. The van der Waals surface area contributed by atoms with Gasteiger partial charge in [-0.2, -0.15) is 11.8 Å². The Morgan fingerprint density at radius 3 is 2.45 bits per heavy atom. The number of piperidine rings is 1. The highest BCUT2D eigenvalue weighted by atomic mass is 35.5. The van der Waals surface area contributed by atoms with Crippen LogP contribution in [0.5, 0.6) is 0 Å². The molecule has 6 heteroatoms. The zero-order chi connectivity index (χ0) is 13.8. The van der Waals surface area contributed by atoms with Gasteiger partial charge in [-0.1, -0.05) is 0 Å². The van der Waals surface area contributed by atoms with E-state index in [4.69, 9.17) is 11.6 Å². The number of hydrogen-bond donors (Lipinski definition) is 4. The van der Waals surface area contributed by atoms with Crippen molar-refractivity contribution in [3.05, 3.63) is 0 Å². The van der Waals surface area contributed by atoms with Crippen LogP contribution in [-0.2, 0) is 0 Å². The molecule has 116 valence electrons. The molecule has 1 aliphatic carbocycles. The molecule has 0 aromatic rings. The summed E-state index contributed by atoms with van der Waals surface area (Å²) < 4.78 is 0. The highest BCUT2D eigenvalue weighted by Crippen LogP contribution is 2.31. The van der Waals surface area contributed by atoms with Gasteiger partial charge in [0.15, 0.2) is 0 Å². The summed E-state index contributed by atoms with van der Waals surface area (Å²) in [5.41, 5.74) is 6.87. The second kappa shape index (κ2) is 7.65. The fourth-order valence-electron chi connectivity index (χ4n) is 3.43. The molecule has 0 amide bonds. The second-order valence-electron chi connectivity index (χ2n) is 6.28. The van der Waals surface area contributed by atoms with Crippen molar-refractivity contribution in [2.75, 3.05) is 18.8 Å². The average molecular weight is 319 g/mol. The lowest BCUT2D eigenvalue weighted by Crippen LogP contribution is -2.45. The van der Waals surface area contributed by atoms with Crippen molar-refractivity contribution < 1.29 is 0 Å². The Hall–Kier alpha value is 0.480. The van der Waals surface area contributed by atoms with E-state index in [9.17, 15) is 0 Å². The molecule has 3 rings (SSSR count). The Morgan fingerprint density at radius 1 is 0.950 bits per heavy atom. The van der Waals surface area contributed by atoms with Crippen LogP contribution in [0.4, 0.5) is 0 Å². The zero-order valence-electron chi connectivity index (χ0n) is 12.0. The normalized spacial score (nSPS) is 40.0. The van der Waals surface area contributed by atoms with E-state index < -0.39 is 0 Å².